The minimum Gasteiger partial charge on any atom is -0.374 e. The second kappa shape index (κ2) is 5.58. The average Bonchev–Trinajstić information content (AvgIpc) is 2.64. The third-order valence-corrected chi connectivity index (χ3v) is 3.59. The van der Waals surface area contributed by atoms with Crippen LogP contribution in [0, 0.1) is 0 Å². The third kappa shape index (κ3) is 2.77. The maximum Gasteiger partial charge on any atom is 0.122 e. The van der Waals surface area contributed by atoms with E-state index in [2.05, 4.69) is 25.8 Å². The summed E-state index contributed by atoms with van der Waals surface area (Å²) in [6.45, 7) is 6.97. The summed E-state index contributed by atoms with van der Waals surface area (Å²) in [5.74, 6) is 0.433. The zero-order valence-corrected chi connectivity index (χ0v) is 10.7. The second-order valence-corrected chi connectivity index (χ2v) is 4.97. The summed E-state index contributed by atoms with van der Waals surface area (Å²) in [5.41, 5.74) is 6.85. The van der Waals surface area contributed by atoms with Crippen molar-refractivity contribution in [2.24, 2.45) is 5.73 Å². The summed E-state index contributed by atoms with van der Waals surface area (Å²) >= 11 is 1.68. The van der Waals surface area contributed by atoms with E-state index in [1.807, 2.05) is 0 Å². The lowest BCUT2D eigenvalue weighted by Gasteiger charge is -2.08. The molecule has 0 aliphatic heterocycles. The van der Waals surface area contributed by atoms with E-state index < -0.39 is 0 Å². The summed E-state index contributed by atoms with van der Waals surface area (Å²) in [6.07, 6.45) is 1.07. The number of nitrogens with zero attached hydrogens (tertiary/aromatic N) is 1. The molecule has 0 saturated heterocycles. The Balaban J connectivity index is 3.01. The molecule has 0 aliphatic rings. The van der Waals surface area contributed by atoms with Crippen molar-refractivity contribution in [2.75, 3.05) is 7.11 Å². The SMILES string of the molecule is CCC(OC)c1nc(C(C)C)c(CN)s1. The highest BCUT2D eigenvalue weighted by Gasteiger charge is 2.18. The van der Waals surface area contributed by atoms with E-state index >= 15 is 0 Å². The van der Waals surface area contributed by atoms with Crippen molar-refractivity contribution < 1.29 is 4.74 Å². The van der Waals surface area contributed by atoms with Crippen LogP contribution in [0.2, 0.25) is 0 Å². The van der Waals surface area contributed by atoms with Crippen LogP contribution >= 0.6 is 11.3 Å². The quantitative estimate of drug-likeness (QED) is 0.843. The molecule has 2 N–H and O–H groups in total. The molecule has 1 rings (SSSR count). The van der Waals surface area contributed by atoms with E-state index in [4.69, 9.17) is 10.5 Å². The van der Waals surface area contributed by atoms with Crippen LogP contribution in [0.1, 0.15) is 54.8 Å². The van der Waals surface area contributed by atoms with Crippen LogP contribution in [0.15, 0.2) is 0 Å². The number of methoxy groups -OCH3 is 1. The molecule has 1 atom stereocenters. The van der Waals surface area contributed by atoms with Gasteiger partial charge in [0.25, 0.3) is 0 Å². The fraction of sp³-hybridized carbons (Fsp3) is 0.727. The van der Waals surface area contributed by atoms with Crippen LogP contribution in [0.3, 0.4) is 0 Å². The van der Waals surface area contributed by atoms with Crippen LogP contribution < -0.4 is 5.73 Å². The third-order valence-electron chi connectivity index (χ3n) is 2.41. The highest BCUT2D eigenvalue weighted by molar-refractivity contribution is 7.11. The van der Waals surface area contributed by atoms with Crippen molar-refractivity contribution in [3.63, 3.8) is 0 Å². The van der Waals surface area contributed by atoms with Gasteiger partial charge in [0.15, 0.2) is 0 Å². The van der Waals surface area contributed by atoms with E-state index in [0.717, 1.165) is 17.1 Å². The summed E-state index contributed by atoms with van der Waals surface area (Å²) < 4.78 is 5.39. The molecule has 1 aromatic heterocycles. The maximum absolute atomic E-state index is 5.71. The van der Waals surface area contributed by atoms with Crippen molar-refractivity contribution in [2.45, 2.75) is 45.8 Å². The largest absolute Gasteiger partial charge is 0.374 e. The van der Waals surface area contributed by atoms with Gasteiger partial charge < -0.3 is 10.5 Å². The van der Waals surface area contributed by atoms with Crippen molar-refractivity contribution >= 4 is 11.3 Å². The van der Waals surface area contributed by atoms with Gasteiger partial charge in [-0.2, -0.15) is 0 Å². The average molecular weight is 228 g/mol. The summed E-state index contributed by atoms with van der Waals surface area (Å²) in [4.78, 5) is 5.83. The molecule has 0 aromatic carbocycles. The molecular formula is C11H20N2OS. The molecule has 0 saturated carbocycles. The predicted molar refractivity (Wildman–Crippen MR) is 64.1 cm³/mol. The van der Waals surface area contributed by atoms with Crippen molar-refractivity contribution in [3.8, 4) is 0 Å². The lowest BCUT2D eigenvalue weighted by atomic mass is 10.1. The van der Waals surface area contributed by atoms with E-state index in [-0.39, 0.29) is 6.10 Å². The molecule has 3 nitrogen and oxygen atoms in total. The highest BCUT2D eigenvalue weighted by Crippen LogP contribution is 2.30. The first-order valence-corrected chi connectivity index (χ1v) is 6.18. The number of rotatable bonds is 5. The standard InChI is InChI=1S/C11H20N2OS/c1-5-8(14-4)11-13-10(7(2)3)9(6-12)15-11/h7-8H,5-6,12H2,1-4H3. The van der Waals surface area contributed by atoms with E-state index in [0.29, 0.717) is 12.5 Å². The van der Waals surface area contributed by atoms with Gasteiger partial charge in [-0.1, -0.05) is 20.8 Å². The van der Waals surface area contributed by atoms with E-state index in [1.165, 1.54) is 4.88 Å². The molecule has 86 valence electrons. The normalized spacial score (nSPS) is 13.5. The van der Waals surface area contributed by atoms with E-state index in [1.54, 1.807) is 18.4 Å². The van der Waals surface area contributed by atoms with Gasteiger partial charge in [0, 0.05) is 18.5 Å². The Morgan fingerprint density at radius 3 is 2.47 bits per heavy atom. The molecule has 0 fully saturated rings. The Labute approximate surface area is 95.7 Å². The fourth-order valence-corrected chi connectivity index (χ4v) is 2.82. The molecule has 0 radical (unpaired) electrons. The van der Waals surface area contributed by atoms with Gasteiger partial charge in [-0.05, 0) is 12.3 Å². The van der Waals surface area contributed by atoms with Gasteiger partial charge in [0.05, 0.1) is 5.69 Å². The zero-order chi connectivity index (χ0) is 11.4. The lowest BCUT2D eigenvalue weighted by Crippen LogP contribution is -2.01. The molecule has 1 aromatic rings. The Bertz CT molecular complexity index is 306. The zero-order valence-electron chi connectivity index (χ0n) is 9.91. The Morgan fingerprint density at radius 2 is 2.13 bits per heavy atom. The van der Waals surface area contributed by atoms with Gasteiger partial charge in [-0.25, -0.2) is 4.98 Å². The number of ether oxygens (including phenoxy) is 1. The van der Waals surface area contributed by atoms with Crippen LogP contribution in [0.25, 0.3) is 0 Å². The molecule has 0 spiro atoms. The van der Waals surface area contributed by atoms with Gasteiger partial charge in [0.1, 0.15) is 11.1 Å². The molecule has 1 heterocycles. The topological polar surface area (TPSA) is 48.1 Å². The summed E-state index contributed by atoms with van der Waals surface area (Å²) in [7, 11) is 1.73. The number of thiazole rings is 1. The first-order valence-electron chi connectivity index (χ1n) is 5.36. The number of nitrogens with two attached hydrogens (primary N) is 1. The van der Waals surface area contributed by atoms with Gasteiger partial charge in [0.2, 0.25) is 0 Å². The minimum absolute atomic E-state index is 0.118. The Hall–Kier alpha value is -0.450. The first kappa shape index (κ1) is 12.6. The predicted octanol–water partition coefficient (Wildman–Crippen LogP) is 2.82. The second-order valence-electron chi connectivity index (χ2n) is 3.85. The Morgan fingerprint density at radius 1 is 1.47 bits per heavy atom. The molecule has 0 bridgehead atoms. The van der Waals surface area contributed by atoms with Crippen LogP contribution in [0.5, 0.6) is 0 Å². The molecule has 1 unspecified atom stereocenters. The van der Waals surface area contributed by atoms with Crippen molar-refractivity contribution in [1.29, 1.82) is 0 Å². The van der Waals surface area contributed by atoms with Crippen LogP contribution in [0.4, 0.5) is 0 Å². The van der Waals surface area contributed by atoms with Crippen LogP contribution in [-0.2, 0) is 11.3 Å². The van der Waals surface area contributed by atoms with Crippen molar-refractivity contribution in [3.05, 3.63) is 15.6 Å². The van der Waals surface area contributed by atoms with Gasteiger partial charge in [-0.15, -0.1) is 11.3 Å². The smallest absolute Gasteiger partial charge is 0.122 e. The maximum atomic E-state index is 5.71. The lowest BCUT2D eigenvalue weighted by molar-refractivity contribution is 0.0996. The number of hydrogen-bond acceptors (Lipinski definition) is 4. The fourth-order valence-electron chi connectivity index (χ4n) is 1.56. The summed E-state index contributed by atoms with van der Waals surface area (Å²) in [6, 6.07) is 0. The van der Waals surface area contributed by atoms with Gasteiger partial charge in [-0.3, -0.25) is 0 Å². The number of aromatic nitrogens is 1. The first-order chi connectivity index (χ1) is 7.13. The van der Waals surface area contributed by atoms with Crippen molar-refractivity contribution in [1.82, 2.24) is 4.98 Å². The monoisotopic (exact) mass is 228 g/mol. The molecule has 4 heteroatoms. The molecule has 15 heavy (non-hydrogen) atoms. The molecular weight excluding hydrogens is 208 g/mol. The minimum atomic E-state index is 0.118. The van der Waals surface area contributed by atoms with E-state index in [9.17, 15) is 0 Å². The highest BCUT2D eigenvalue weighted by atomic mass is 32.1. The van der Waals surface area contributed by atoms with Crippen LogP contribution in [-0.4, -0.2) is 12.1 Å². The Kier molecular flexibility index (Phi) is 4.70. The molecule has 0 aliphatic carbocycles. The van der Waals surface area contributed by atoms with Gasteiger partial charge >= 0.3 is 0 Å². The molecule has 0 amide bonds. The number of hydrogen-bond donors (Lipinski definition) is 1. The summed E-state index contributed by atoms with van der Waals surface area (Å²) in [5, 5.41) is 1.06.